The van der Waals surface area contributed by atoms with Crippen LogP contribution in [0.5, 0.6) is 0 Å². The van der Waals surface area contributed by atoms with E-state index in [1.807, 2.05) is 48.5 Å². The van der Waals surface area contributed by atoms with Crippen molar-refractivity contribution in [3.63, 3.8) is 0 Å². The summed E-state index contributed by atoms with van der Waals surface area (Å²) in [5, 5.41) is 0. The molecular weight excluding hydrogens is 398 g/mol. The van der Waals surface area contributed by atoms with Gasteiger partial charge in [-0.15, -0.1) is 0 Å². The number of benzene rings is 3. The number of imide groups is 1. The van der Waals surface area contributed by atoms with Crippen LogP contribution in [0.25, 0.3) is 6.08 Å². The molecule has 3 aromatic carbocycles. The third-order valence-electron chi connectivity index (χ3n) is 6.09. The van der Waals surface area contributed by atoms with Crippen molar-refractivity contribution in [2.24, 2.45) is 0 Å². The van der Waals surface area contributed by atoms with Gasteiger partial charge in [-0.2, -0.15) is 0 Å². The average Bonchev–Trinajstić information content (AvgIpc) is 3.13. The summed E-state index contributed by atoms with van der Waals surface area (Å²) in [7, 11) is 0. The van der Waals surface area contributed by atoms with Crippen molar-refractivity contribution in [1.82, 2.24) is 0 Å². The Morgan fingerprint density at radius 2 is 1.19 bits per heavy atom. The predicted molar refractivity (Wildman–Crippen MR) is 129 cm³/mol. The number of carbonyl (C=O) groups excluding carboxylic acids is 2. The second kappa shape index (κ2) is 8.71. The number of hydrogen-bond donors (Lipinski definition) is 0. The van der Waals surface area contributed by atoms with E-state index < -0.39 is 0 Å². The standard InChI is InChI=1S/C27H25N3O2/c31-26-20-22(27(32)30(26)24-12-5-2-6-13-24)19-21-9-7-8-14-25(21)29-17-15-28(16-18-29)23-10-3-1-4-11-23/h1-14,19H,15-18,20H2/b22-19+. The molecule has 5 rings (SSSR count). The lowest BCUT2D eigenvalue weighted by molar-refractivity contribution is -0.120. The first-order chi connectivity index (χ1) is 15.7. The number of rotatable bonds is 4. The van der Waals surface area contributed by atoms with Gasteiger partial charge < -0.3 is 9.80 Å². The molecule has 2 saturated heterocycles. The molecule has 3 aromatic rings. The highest BCUT2D eigenvalue weighted by Crippen LogP contribution is 2.30. The van der Waals surface area contributed by atoms with Gasteiger partial charge in [0.1, 0.15) is 0 Å². The number of hydrogen-bond acceptors (Lipinski definition) is 4. The molecule has 0 bridgehead atoms. The molecule has 0 radical (unpaired) electrons. The Kier molecular flexibility index (Phi) is 5.46. The van der Waals surface area contributed by atoms with Gasteiger partial charge in [-0.3, -0.25) is 9.59 Å². The molecule has 0 saturated carbocycles. The molecule has 0 aromatic heterocycles. The topological polar surface area (TPSA) is 43.9 Å². The second-order valence-electron chi connectivity index (χ2n) is 8.08. The van der Waals surface area contributed by atoms with Gasteiger partial charge in [0.15, 0.2) is 0 Å². The third kappa shape index (κ3) is 3.89. The maximum absolute atomic E-state index is 13.0. The first-order valence-corrected chi connectivity index (χ1v) is 11.0. The van der Waals surface area contributed by atoms with E-state index in [-0.39, 0.29) is 18.2 Å². The van der Waals surface area contributed by atoms with Crippen molar-refractivity contribution < 1.29 is 9.59 Å². The molecule has 2 heterocycles. The number of amides is 2. The molecule has 160 valence electrons. The van der Waals surface area contributed by atoms with Gasteiger partial charge in [0.05, 0.1) is 12.1 Å². The number of anilines is 3. The van der Waals surface area contributed by atoms with E-state index >= 15 is 0 Å². The van der Waals surface area contributed by atoms with Crippen molar-refractivity contribution in [3.8, 4) is 0 Å². The molecule has 2 amide bonds. The molecule has 0 atom stereocenters. The van der Waals surface area contributed by atoms with Crippen LogP contribution in [0, 0.1) is 0 Å². The highest BCUT2D eigenvalue weighted by molar-refractivity contribution is 6.29. The minimum atomic E-state index is -0.232. The van der Waals surface area contributed by atoms with Crippen molar-refractivity contribution in [1.29, 1.82) is 0 Å². The first kappa shape index (κ1) is 20.1. The SMILES string of the molecule is O=C1C/C(=C\c2ccccc2N2CCN(c3ccccc3)CC2)C(=O)N1c1ccccc1. The zero-order valence-electron chi connectivity index (χ0n) is 17.9. The first-order valence-electron chi connectivity index (χ1n) is 11.0. The number of para-hydroxylation sites is 3. The molecule has 2 aliphatic rings. The van der Waals surface area contributed by atoms with Crippen LogP contribution >= 0.6 is 0 Å². The zero-order valence-corrected chi connectivity index (χ0v) is 17.9. The van der Waals surface area contributed by atoms with Gasteiger partial charge in [0.25, 0.3) is 5.91 Å². The van der Waals surface area contributed by atoms with Crippen LogP contribution in [0.4, 0.5) is 17.1 Å². The Bertz CT molecular complexity index is 1150. The summed E-state index contributed by atoms with van der Waals surface area (Å²) in [5.74, 6) is -0.411. The highest BCUT2D eigenvalue weighted by atomic mass is 16.2. The molecule has 5 heteroatoms. The summed E-state index contributed by atoms with van der Waals surface area (Å²) < 4.78 is 0. The van der Waals surface area contributed by atoms with E-state index in [9.17, 15) is 9.59 Å². The molecule has 2 aliphatic heterocycles. The minimum Gasteiger partial charge on any atom is -0.368 e. The van der Waals surface area contributed by atoms with Gasteiger partial charge in [0, 0.05) is 43.1 Å². The summed E-state index contributed by atoms with van der Waals surface area (Å²) in [6.45, 7) is 3.68. The smallest absolute Gasteiger partial charge is 0.261 e. The van der Waals surface area contributed by atoms with E-state index in [0.717, 1.165) is 37.4 Å². The fourth-order valence-corrected chi connectivity index (χ4v) is 4.46. The average molecular weight is 424 g/mol. The zero-order chi connectivity index (χ0) is 21.9. The third-order valence-corrected chi connectivity index (χ3v) is 6.09. The summed E-state index contributed by atoms with van der Waals surface area (Å²) in [4.78, 5) is 31.7. The van der Waals surface area contributed by atoms with E-state index in [2.05, 4.69) is 40.1 Å². The number of nitrogens with zero attached hydrogens (tertiary/aromatic N) is 3. The van der Waals surface area contributed by atoms with Crippen LogP contribution in [-0.4, -0.2) is 38.0 Å². The maximum Gasteiger partial charge on any atom is 0.261 e. The Hall–Kier alpha value is -3.86. The fraction of sp³-hybridized carbons (Fsp3) is 0.185. The Balaban J connectivity index is 1.36. The van der Waals surface area contributed by atoms with Gasteiger partial charge in [-0.05, 0) is 42.0 Å². The quantitative estimate of drug-likeness (QED) is 0.462. The van der Waals surface area contributed by atoms with Gasteiger partial charge in [0.2, 0.25) is 5.91 Å². The summed E-state index contributed by atoms with van der Waals surface area (Å²) >= 11 is 0. The molecule has 32 heavy (non-hydrogen) atoms. The van der Waals surface area contributed by atoms with Crippen LogP contribution in [0.3, 0.4) is 0 Å². The van der Waals surface area contributed by atoms with E-state index in [1.54, 1.807) is 12.1 Å². The van der Waals surface area contributed by atoms with Crippen molar-refractivity contribution >= 4 is 35.0 Å². The van der Waals surface area contributed by atoms with Gasteiger partial charge >= 0.3 is 0 Å². The van der Waals surface area contributed by atoms with Crippen LogP contribution < -0.4 is 14.7 Å². The highest BCUT2D eigenvalue weighted by Gasteiger charge is 2.35. The molecule has 5 nitrogen and oxygen atoms in total. The van der Waals surface area contributed by atoms with Gasteiger partial charge in [-0.1, -0.05) is 54.6 Å². The van der Waals surface area contributed by atoms with Crippen molar-refractivity contribution in [2.75, 3.05) is 40.9 Å². The Labute approximate surface area is 188 Å². The second-order valence-corrected chi connectivity index (χ2v) is 8.08. The Morgan fingerprint density at radius 3 is 1.88 bits per heavy atom. The number of piperazine rings is 1. The van der Waals surface area contributed by atoms with E-state index in [4.69, 9.17) is 0 Å². The summed E-state index contributed by atoms with van der Waals surface area (Å²) in [6.07, 6.45) is 2.02. The fourth-order valence-electron chi connectivity index (χ4n) is 4.46. The largest absolute Gasteiger partial charge is 0.368 e. The molecular formula is C27H25N3O2. The maximum atomic E-state index is 13.0. The van der Waals surface area contributed by atoms with E-state index in [0.29, 0.717) is 11.3 Å². The summed E-state index contributed by atoms with van der Waals surface area (Å²) in [6, 6.07) is 27.7. The van der Waals surface area contributed by atoms with Crippen molar-refractivity contribution in [2.45, 2.75) is 6.42 Å². The normalized spacial score (nSPS) is 18.0. The lowest BCUT2D eigenvalue weighted by atomic mass is 10.1. The Morgan fingerprint density at radius 1 is 0.625 bits per heavy atom. The lowest BCUT2D eigenvalue weighted by Gasteiger charge is -2.38. The van der Waals surface area contributed by atoms with Crippen molar-refractivity contribution in [3.05, 3.63) is 96.1 Å². The van der Waals surface area contributed by atoms with Crippen LogP contribution in [0.1, 0.15) is 12.0 Å². The van der Waals surface area contributed by atoms with E-state index in [1.165, 1.54) is 10.6 Å². The monoisotopic (exact) mass is 423 g/mol. The van der Waals surface area contributed by atoms with Crippen LogP contribution in [0.15, 0.2) is 90.5 Å². The van der Waals surface area contributed by atoms with Gasteiger partial charge in [-0.25, -0.2) is 4.90 Å². The molecule has 2 fully saturated rings. The lowest BCUT2D eigenvalue weighted by Crippen LogP contribution is -2.46. The summed E-state index contributed by atoms with van der Waals surface area (Å²) in [5.41, 5.74) is 4.49. The minimum absolute atomic E-state index is 0.129. The molecule has 0 aliphatic carbocycles. The molecule has 0 spiro atoms. The molecule has 0 N–H and O–H groups in total. The van der Waals surface area contributed by atoms with Crippen LogP contribution in [0.2, 0.25) is 0 Å². The molecule has 0 unspecified atom stereocenters. The van der Waals surface area contributed by atoms with Crippen LogP contribution in [-0.2, 0) is 9.59 Å². The number of carbonyl (C=O) groups is 2. The predicted octanol–water partition coefficient (Wildman–Crippen LogP) is 4.36.